The predicted molar refractivity (Wildman–Crippen MR) is 165 cm³/mol. The van der Waals surface area contributed by atoms with Crippen molar-refractivity contribution in [2.24, 2.45) is 0 Å². The van der Waals surface area contributed by atoms with Crippen LogP contribution in [0.3, 0.4) is 0 Å². The summed E-state index contributed by atoms with van der Waals surface area (Å²) < 4.78 is 0. The summed E-state index contributed by atoms with van der Waals surface area (Å²) in [5.74, 6) is 1.41. The normalized spacial score (nSPS) is 17.1. The van der Waals surface area contributed by atoms with Gasteiger partial charge in [0.15, 0.2) is 0 Å². The Bertz CT molecular complexity index is 1570. The fourth-order valence-electron chi connectivity index (χ4n) is 5.52. The second kappa shape index (κ2) is 10.9. The van der Waals surface area contributed by atoms with Gasteiger partial charge in [-0.2, -0.15) is 0 Å². The molecule has 4 aromatic rings. The van der Waals surface area contributed by atoms with E-state index in [1.807, 2.05) is 0 Å². The number of allylic oxidation sites excluding steroid dienone is 9. The molecule has 0 radical (unpaired) electrons. The van der Waals surface area contributed by atoms with Crippen LogP contribution in [0.15, 0.2) is 174 Å². The predicted octanol–water partition coefficient (Wildman–Crippen LogP) is 9.93. The smallest absolute Gasteiger partial charge is 0.0860 e. The molecular formula is C39H31+. The van der Waals surface area contributed by atoms with Crippen molar-refractivity contribution >= 4 is 11.1 Å². The van der Waals surface area contributed by atoms with Gasteiger partial charge in [-0.1, -0.05) is 109 Å². The molecule has 0 spiro atoms. The largest absolute Gasteiger partial charge is 0.0882 e. The summed E-state index contributed by atoms with van der Waals surface area (Å²) in [6.45, 7) is 4.41. The molecule has 0 heteroatoms. The van der Waals surface area contributed by atoms with Crippen LogP contribution in [0.5, 0.6) is 0 Å². The Morgan fingerprint density at radius 2 is 0.949 bits per heavy atom. The van der Waals surface area contributed by atoms with E-state index in [1.54, 1.807) is 0 Å². The van der Waals surface area contributed by atoms with Gasteiger partial charge >= 0.3 is 0 Å². The lowest BCUT2D eigenvalue weighted by molar-refractivity contribution is 1.07. The molecule has 0 fully saturated rings. The number of benzene rings is 4. The Morgan fingerprint density at radius 1 is 0.513 bits per heavy atom. The topological polar surface area (TPSA) is 0 Å². The van der Waals surface area contributed by atoms with Crippen LogP contribution in [0, 0.1) is 5.92 Å². The minimum Gasteiger partial charge on any atom is -0.0860 e. The van der Waals surface area contributed by atoms with Crippen molar-refractivity contribution in [3.63, 3.8) is 0 Å². The molecule has 0 nitrogen and oxygen atoms in total. The fraction of sp³-hybridized carbons (Fsp3) is 0.0769. The van der Waals surface area contributed by atoms with E-state index >= 15 is 0 Å². The first kappa shape index (κ1) is 24.6. The van der Waals surface area contributed by atoms with Gasteiger partial charge in [-0.3, -0.25) is 0 Å². The molecule has 186 valence electrons. The standard InChI is InChI=1S/C39H31/c1-28-23-34(30-15-7-3-8-16-30)24-29(2)36(28)27-39-37(32-19-11-5-12-20-32)25-35(31-17-9-4-10-18-31)26-38(39)33-21-13-6-14-22-33/h3-26,35H,1-2H3/q+1. The van der Waals surface area contributed by atoms with E-state index in [4.69, 9.17) is 0 Å². The molecule has 0 aliphatic heterocycles. The highest BCUT2D eigenvalue weighted by Gasteiger charge is 2.26. The molecule has 0 aromatic heterocycles. The van der Waals surface area contributed by atoms with Gasteiger partial charge in [0.25, 0.3) is 0 Å². The summed E-state index contributed by atoms with van der Waals surface area (Å²) in [6, 6.07) is 42.9. The van der Waals surface area contributed by atoms with Gasteiger partial charge in [0.05, 0.1) is 17.1 Å². The average molecular weight is 500 g/mol. The van der Waals surface area contributed by atoms with Crippen molar-refractivity contribution < 1.29 is 0 Å². The zero-order valence-corrected chi connectivity index (χ0v) is 22.4. The molecule has 2 aliphatic carbocycles. The van der Waals surface area contributed by atoms with Crippen LogP contribution in [-0.4, -0.2) is 0 Å². The lowest BCUT2D eigenvalue weighted by Gasteiger charge is -2.25. The maximum absolute atomic E-state index is 3.95. The average Bonchev–Trinajstić information content (AvgIpc) is 3.00. The van der Waals surface area contributed by atoms with Gasteiger partial charge in [0, 0.05) is 46.9 Å². The van der Waals surface area contributed by atoms with E-state index in [1.165, 1.54) is 50.5 Å². The van der Waals surface area contributed by atoms with Crippen LogP contribution in [0.2, 0.25) is 0 Å². The third-order valence-corrected chi connectivity index (χ3v) is 7.47. The van der Waals surface area contributed by atoms with Crippen molar-refractivity contribution in [2.45, 2.75) is 19.8 Å². The monoisotopic (exact) mass is 499 g/mol. The Balaban J connectivity index is 1.58. The highest BCUT2D eigenvalue weighted by Crippen LogP contribution is 2.43. The summed E-state index contributed by atoms with van der Waals surface area (Å²) in [5.41, 5.74) is 16.1. The lowest BCUT2D eigenvalue weighted by Crippen LogP contribution is -2.07. The maximum atomic E-state index is 3.95. The van der Waals surface area contributed by atoms with Crippen LogP contribution < -0.4 is 0 Å². The van der Waals surface area contributed by atoms with E-state index in [9.17, 15) is 0 Å². The van der Waals surface area contributed by atoms with E-state index < -0.39 is 0 Å². The van der Waals surface area contributed by atoms with E-state index in [0.29, 0.717) is 0 Å². The van der Waals surface area contributed by atoms with Crippen LogP contribution in [0.4, 0.5) is 0 Å². The number of hydrogen-bond donors (Lipinski definition) is 0. The van der Waals surface area contributed by atoms with Crippen molar-refractivity contribution in [3.8, 4) is 0 Å². The van der Waals surface area contributed by atoms with Crippen LogP contribution in [-0.2, 0) is 0 Å². The summed E-state index contributed by atoms with van der Waals surface area (Å²) in [4.78, 5) is 0. The first-order valence-electron chi connectivity index (χ1n) is 13.6. The Kier molecular flexibility index (Phi) is 6.88. The lowest BCUT2D eigenvalue weighted by atomic mass is 9.78. The Hall–Kier alpha value is -4.77. The van der Waals surface area contributed by atoms with Crippen molar-refractivity contribution in [1.29, 1.82) is 0 Å². The fourth-order valence-corrected chi connectivity index (χ4v) is 5.52. The van der Waals surface area contributed by atoms with Crippen molar-refractivity contribution in [3.05, 3.63) is 202 Å². The van der Waals surface area contributed by atoms with Crippen molar-refractivity contribution in [2.75, 3.05) is 0 Å². The molecule has 0 N–H and O–H groups in total. The van der Waals surface area contributed by atoms with E-state index in [0.717, 1.165) is 11.1 Å². The molecule has 0 saturated carbocycles. The molecular weight excluding hydrogens is 468 g/mol. The van der Waals surface area contributed by atoms with Crippen LogP contribution in [0.1, 0.15) is 42.0 Å². The minimum atomic E-state index is 0.171. The van der Waals surface area contributed by atoms with Gasteiger partial charge in [-0.25, -0.2) is 0 Å². The van der Waals surface area contributed by atoms with Gasteiger partial charge in [0.2, 0.25) is 0 Å². The highest BCUT2D eigenvalue weighted by atomic mass is 14.3. The second-order valence-corrected chi connectivity index (χ2v) is 10.2. The third kappa shape index (κ3) is 5.16. The van der Waals surface area contributed by atoms with Crippen LogP contribution >= 0.6 is 0 Å². The molecule has 0 bridgehead atoms. The van der Waals surface area contributed by atoms with Crippen LogP contribution in [0.25, 0.3) is 11.1 Å². The molecule has 6 rings (SSSR count). The van der Waals surface area contributed by atoms with Gasteiger partial charge < -0.3 is 0 Å². The van der Waals surface area contributed by atoms with E-state index in [-0.39, 0.29) is 5.92 Å². The maximum Gasteiger partial charge on any atom is 0.0882 e. The Morgan fingerprint density at radius 3 is 1.44 bits per heavy atom. The minimum absolute atomic E-state index is 0.171. The zero-order chi connectivity index (χ0) is 26.6. The molecule has 0 unspecified atom stereocenters. The molecule has 0 heterocycles. The summed E-state index contributed by atoms with van der Waals surface area (Å²) in [6.07, 6.45) is 9.39. The molecule has 0 saturated heterocycles. The molecule has 4 aromatic carbocycles. The summed E-state index contributed by atoms with van der Waals surface area (Å²) >= 11 is 0. The second-order valence-electron chi connectivity index (χ2n) is 10.2. The first-order chi connectivity index (χ1) is 19.2. The van der Waals surface area contributed by atoms with Gasteiger partial charge in [-0.15, -0.1) is 0 Å². The SMILES string of the molecule is CC1=C[C+](c2ccccc2)C=C(C)C1=C=C1C(c2ccccc2)=CC(c2ccccc2)C=C1c1ccccc1. The van der Waals surface area contributed by atoms with E-state index in [2.05, 4.69) is 165 Å². The molecule has 0 amide bonds. The highest BCUT2D eigenvalue weighted by molar-refractivity contribution is 6.01. The molecule has 39 heavy (non-hydrogen) atoms. The number of hydrogen-bond acceptors (Lipinski definition) is 0. The van der Waals surface area contributed by atoms with Gasteiger partial charge in [0.1, 0.15) is 0 Å². The zero-order valence-electron chi connectivity index (χ0n) is 22.4. The quantitative estimate of drug-likeness (QED) is 0.194. The third-order valence-electron chi connectivity index (χ3n) is 7.47. The summed E-state index contributed by atoms with van der Waals surface area (Å²) in [5, 5.41) is 0. The first-order valence-corrected chi connectivity index (χ1v) is 13.6. The van der Waals surface area contributed by atoms with Gasteiger partial charge in [-0.05, 0) is 59.9 Å². The Labute approximate surface area is 232 Å². The summed E-state index contributed by atoms with van der Waals surface area (Å²) in [7, 11) is 0. The van der Waals surface area contributed by atoms with Crippen molar-refractivity contribution in [1.82, 2.24) is 0 Å². The number of rotatable bonds is 4. The molecule has 2 aliphatic rings. The molecule has 0 atom stereocenters.